The van der Waals surface area contributed by atoms with Crippen LogP contribution in [0.25, 0.3) is 0 Å². The third-order valence-corrected chi connectivity index (χ3v) is 4.21. The van der Waals surface area contributed by atoms with Crippen molar-refractivity contribution in [1.29, 1.82) is 0 Å². The highest BCUT2D eigenvalue weighted by Crippen LogP contribution is 2.40. The van der Waals surface area contributed by atoms with Gasteiger partial charge in [-0.1, -0.05) is 19.3 Å². The molecule has 0 aromatic heterocycles. The molecule has 2 aliphatic rings. The molecule has 98 valence electrons. The minimum Gasteiger partial charge on any atom is -0.383 e. The molecule has 2 nitrogen and oxygen atoms in total. The largest absolute Gasteiger partial charge is 0.383 e. The second kappa shape index (κ2) is 4.41. The van der Waals surface area contributed by atoms with Crippen molar-refractivity contribution in [2.75, 3.05) is 17.2 Å². The molecule has 4 heteroatoms. The van der Waals surface area contributed by atoms with Gasteiger partial charge < -0.3 is 10.6 Å². The second-order valence-corrected chi connectivity index (χ2v) is 5.43. The molecule has 0 atom stereocenters. The average molecular weight is 252 g/mol. The smallest absolute Gasteiger partial charge is 0.184 e. The number of rotatable bonds is 0. The van der Waals surface area contributed by atoms with E-state index in [0.717, 1.165) is 25.8 Å². The van der Waals surface area contributed by atoms with Gasteiger partial charge in [0.25, 0.3) is 0 Å². The van der Waals surface area contributed by atoms with Crippen LogP contribution in [-0.2, 0) is 0 Å². The molecule has 1 aromatic carbocycles. The first-order valence-electron chi connectivity index (χ1n) is 6.70. The fraction of sp³-hybridized carbons (Fsp3) is 0.571. The number of fused-ring (bicyclic) bond motifs is 1. The Labute approximate surface area is 106 Å². The highest BCUT2D eigenvalue weighted by molar-refractivity contribution is 5.71. The van der Waals surface area contributed by atoms with Gasteiger partial charge in [0, 0.05) is 12.1 Å². The topological polar surface area (TPSA) is 24.1 Å². The lowest BCUT2D eigenvalue weighted by atomic mass is 9.79. The number of benzene rings is 1. The minimum atomic E-state index is -0.782. The van der Waals surface area contributed by atoms with Crippen LogP contribution in [-0.4, -0.2) is 12.1 Å². The Bertz CT molecular complexity index is 453. The normalized spacial score (nSPS) is 21.7. The Morgan fingerprint density at radius 3 is 2.56 bits per heavy atom. The summed E-state index contributed by atoms with van der Waals surface area (Å²) in [6.07, 6.45) is 6.63. The number of nitrogens with one attached hydrogen (secondary N) is 2. The van der Waals surface area contributed by atoms with E-state index in [4.69, 9.17) is 0 Å². The molecule has 18 heavy (non-hydrogen) atoms. The maximum atomic E-state index is 13.9. The zero-order valence-corrected chi connectivity index (χ0v) is 10.4. The molecule has 1 aromatic rings. The molecule has 0 bridgehead atoms. The first-order chi connectivity index (χ1) is 8.70. The number of halogens is 2. The highest BCUT2D eigenvalue weighted by atomic mass is 19.2. The Kier molecular flexibility index (Phi) is 2.88. The van der Waals surface area contributed by atoms with Crippen LogP contribution in [0.5, 0.6) is 0 Å². The monoisotopic (exact) mass is 252 g/mol. The van der Waals surface area contributed by atoms with Crippen molar-refractivity contribution in [1.82, 2.24) is 0 Å². The lowest BCUT2D eigenvalue weighted by Crippen LogP contribution is -2.40. The van der Waals surface area contributed by atoms with Gasteiger partial charge in [-0.3, -0.25) is 0 Å². The van der Waals surface area contributed by atoms with Crippen LogP contribution in [0.1, 0.15) is 38.5 Å². The van der Waals surface area contributed by atoms with E-state index in [1.807, 2.05) is 0 Å². The van der Waals surface area contributed by atoms with Crippen LogP contribution in [0.15, 0.2) is 12.1 Å². The Balaban J connectivity index is 1.98. The van der Waals surface area contributed by atoms with Gasteiger partial charge >= 0.3 is 0 Å². The summed E-state index contributed by atoms with van der Waals surface area (Å²) in [5.74, 6) is -1.54. The van der Waals surface area contributed by atoms with Crippen LogP contribution < -0.4 is 10.6 Å². The summed E-state index contributed by atoms with van der Waals surface area (Å²) in [5.41, 5.74) is 0.941. The zero-order valence-electron chi connectivity index (χ0n) is 10.4. The van der Waals surface area contributed by atoms with Gasteiger partial charge in [-0.15, -0.1) is 0 Å². The van der Waals surface area contributed by atoms with E-state index in [2.05, 4.69) is 10.6 Å². The van der Waals surface area contributed by atoms with E-state index in [9.17, 15) is 8.78 Å². The van der Waals surface area contributed by atoms with Crippen LogP contribution in [0.4, 0.5) is 20.2 Å². The average Bonchev–Trinajstić information content (AvgIpc) is 2.55. The van der Waals surface area contributed by atoms with Crippen molar-refractivity contribution in [2.24, 2.45) is 0 Å². The zero-order chi connectivity index (χ0) is 12.6. The van der Waals surface area contributed by atoms with E-state index in [1.54, 1.807) is 6.07 Å². The van der Waals surface area contributed by atoms with Gasteiger partial charge in [-0.25, -0.2) is 8.78 Å². The molecule has 3 rings (SSSR count). The van der Waals surface area contributed by atoms with Crippen LogP contribution in [0.2, 0.25) is 0 Å². The molecule has 0 unspecified atom stereocenters. The van der Waals surface area contributed by atoms with E-state index in [-0.39, 0.29) is 5.54 Å². The van der Waals surface area contributed by atoms with Gasteiger partial charge in [0.15, 0.2) is 11.6 Å². The van der Waals surface area contributed by atoms with Crippen molar-refractivity contribution in [3.63, 3.8) is 0 Å². The molecule has 0 amide bonds. The third-order valence-electron chi connectivity index (χ3n) is 4.21. The van der Waals surface area contributed by atoms with Crippen LogP contribution in [0, 0.1) is 11.6 Å². The summed E-state index contributed by atoms with van der Waals surface area (Å²) in [4.78, 5) is 0. The van der Waals surface area contributed by atoms with Gasteiger partial charge in [0.2, 0.25) is 0 Å². The van der Waals surface area contributed by atoms with E-state index in [0.29, 0.717) is 11.4 Å². The highest BCUT2D eigenvalue weighted by Gasteiger charge is 2.35. The molecule has 0 saturated heterocycles. The minimum absolute atomic E-state index is 0.0505. The van der Waals surface area contributed by atoms with Crippen molar-refractivity contribution in [3.05, 3.63) is 23.8 Å². The van der Waals surface area contributed by atoms with Gasteiger partial charge in [0.05, 0.1) is 11.4 Å². The summed E-state index contributed by atoms with van der Waals surface area (Å²) in [5, 5.41) is 6.50. The molecule has 1 aliphatic heterocycles. The van der Waals surface area contributed by atoms with Crippen LogP contribution >= 0.6 is 0 Å². The summed E-state index contributed by atoms with van der Waals surface area (Å²) in [6, 6.07) is 2.80. The van der Waals surface area contributed by atoms with Crippen molar-refractivity contribution < 1.29 is 8.78 Å². The van der Waals surface area contributed by atoms with Crippen LogP contribution in [0.3, 0.4) is 0 Å². The van der Waals surface area contributed by atoms with E-state index >= 15 is 0 Å². The molecule has 2 N–H and O–H groups in total. The number of hydrogen-bond donors (Lipinski definition) is 2. The fourth-order valence-electron chi connectivity index (χ4n) is 3.19. The van der Waals surface area contributed by atoms with Crippen molar-refractivity contribution >= 4 is 11.4 Å². The molecular weight excluding hydrogens is 234 g/mol. The molecule has 1 spiro atoms. The first-order valence-corrected chi connectivity index (χ1v) is 6.70. The number of anilines is 2. The Hall–Kier alpha value is -1.32. The third kappa shape index (κ3) is 1.93. The van der Waals surface area contributed by atoms with E-state index < -0.39 is 11.6 Å². The molecular formula is C14H18F2N2. The summed E-state index contributed by atoms with van der Waals surface area (Å²) in [7, 11) is 0. The first kappa shape index (κ1) is 11.8. The van der Waals surface area contributed by atoms with E-state index in [1.165, 1.54) is 25.3 Å². The summed E-state index contributed by atoms with van der Waals surface area (Å²) >= 11 is 0. The molecule has 0 radical (unpaired) electrons. The SMILES string of the molecule is Fc1ccc2c(c1F)NC1(CCCCC1)CCN2. The second-order valence-electron chi connectivity index (χ2n) is 5.43. The lowest BCUT2D eigenvalue weighted by molar-refractivity contribution is 0.311. The lowest BCUT2D eigenvalue weighted by Gasteiger charge is -2.38. The van der Waals surface area contributed by atoms with Gasteiger partial charge in [-0.05, 0) is 31.4 Å². The number of hydrogen-bond acceptors (Lipinski definition) is 2. The Morgan fingerprint density at radius 1 is 1.00 bits per heavy atom. The summed E-state index contributed by atoms with van der Waals surface area (Å²) < 4.78 is 27.3. The molecule has 1 heterocycles. The molecule has 1 fully saturated rings. The molecule has 1 aliphatic carbocycles. The fourth-order valence-corrected chi connectivity index (χ4v) is 3.19. The van der Waals surface area contributed by atoms with Gasteiger partial charge in [-0.2, -0.15) is 0 Å². The maximum Gasteiger partial charge on any atom is 0.184 e. The maximum absolute atomic E-state index is 13.9. The Morgan fingerprint density at radius 2 is 1.78 bits per heavy atom. The predicted molar refractivity (Wildman–Crippen MR) is 68.9 cm³/mol. The predicted octanol–water partition coefficient (Wildman–Crippen LogP) is 3.90. The standard InChI is InChI=1S/C14H18F2N2/c15-10-4-5-11-13(12(10)16)18-14(8-9-17-11)6-2-1-3-7-14/h4-5,17-18H,1-3,6-9H2. The summed E-state index contributed by atoms with van der Waals surface area (Å²) in [6.45, 7) is 0.811. The molecule has 1 saturated carbocycles. The van der Waals surface area contributed by atoms with Crippen molar-refractivity contribution in [2.45, 2.75) is 44.1 Å². The quantitative estimate of drug-likeness (QED) is 0.732. The van der Waals surface area contributed by atoms with Crippen molar-refractivity contribution in [3.8, 4) is 0 Å². The van der Waals surface area contributed by atoms with Gasteiger partial charge in [0.1, 0.15) is 0 Å².